The smallest absolute Gasteiger partial charge is 0.248 e. The van der Waals surface area contributed by atoms with E-state index in [4.69, 9.17) is 0 Å². The Bertz CT molecular complexity index is 1040. The van der Waals surface area contributed by atoms with Gasteiger partial charge in [0.1, 0.15) is 11.6 Å². The maximum absolute atomic E-state index is 13.7. The Labute approximate surface area is 155 Å². The second-order valence-corrected chi connectivity index (χ2v) is 5.75. The van der Waals surface area contributed by atoms with Gasteiger partial charge in [-0.2, -0.15) is 5.10 Å². The van der Waals surface area contributed by atoms with Crippen LogP contribution in [-0.2, 0) is 11.3 Å². The molecule has 0 aliphatic heterocycles. The molecule has 0 radical (unpaired) electrons. The Morgan fingerprint density at radius 3 is 2.46 bits per heavy atom. The first kappa shape index (κ1) is 19.3. The Hall–Kier alpha value is -3.49. The summed E-state index contributed by atoms with van der Waals surface area (Å²) in [6.45, 7) is -0.504. The van der Waals surface area contributed by atoms with Crippen molar-refractivity contribution in [2.75, 3.05) is 5.32 Å². The number of hydrogen-bond acceptors (Lipinski definition) is 2. The highest BCUT2D eigenvalue weighted by molar-refractivity contribution is 6.01. The predicted molar refractivity (Wildman–Crippen MR) is 91.7 cm³/mol. The maximum atomic E-state index is 13.7. The van der Waals surface area contributed by atoms with Crippen LogP contribution >= 0.6 is 0 Å². The van der Waals surface area contributed by atoms with Crippen molar-refractivity contribution in [3.05, 3.63) is 89.0 Å². The van der Waals surface area contributed by atoms with Gasteiger partial charge in [-0.15, -0.1) is 0 Å². The summed E-state index contributed by atoms with van der Waals surface area (Å²) in [5.74, 6) is -7.21. The molecule has 0 fully saturated rings. The van der Waals surface area contributed by atoms with Crippen molar-refractivity contribution in [2.24, 2.45) is 0 Å². The normalized spacial score (nSPS) is 11.2. The summed E-state index contributed by atoms with van der Waals surface area (Å²) >= 11 is 0. The number of carbonyl (C=O) groups excluding carboxylic acids is 1. The average Bonchev–Trinajstić information content (AvgIpc) is 3.10. The fraction of sp³-hybridized carbons (Fsp3) is 0.0526. The molecule has 1 amide bonds. The fourth-order valence-corrected chi connectivity index (χ4v) is 2.36. The van der Waals surface area contributed by atoms with Crippen LogP contribution in [0.15, 0.2) is 48.8 Å². The standard InChI is InChI=1S/C19H12F5N3O/c20-12-4-1-11(2-5-12)3-6-17(28)26-13-8-25-27(9-13)10-14-15(21)7-16(22)19(24)18(14)23/h1-9H,10H2,(H,26,28)/b6-3+. The number of hydrogen-bond donors (Lipinski definition) is 1. The lowest BCUT2D eigenvalue weighted by molar-refractivity contribution is -0.111. The van der Waals surface area contributed by atoms with Crippen molar-refractivity contribution >= 4 is 17.7 Å². The minimum atomic E-state index is -1.77. The van der Waals surface area contributed by atoms with Crippen LogP contribution in [0.4, 0.5) is 27.6 Å². The van der Waals surface area contributed by atoms with Gasteiger partial charge in [-0.05, 0) is 23.8 Å². The van der Waals surface area contributed by atoms with E-state index in [1.165, 1.54) is 48.8 Å². The van der Waals surface area contributed by atoms with Gasteiger partial charge in [-0.1, -0.05) is 12.1 Å². The largest absolute Gasteiger partial charge is 0.320 e. The van der Waals surface area contributed by atoms with Crippen molar-refractivity contribution in [2.45, 2.75) is 6.54 Å². The highest BCUT2D eigenvalue weighted by Crippen LogP contribution is 2.20. The number of aromatic nitrogens is 2. The Morgan fingerprint density at radius 1 is 1.04 bits per heavy atom. The summed E-state index contributed by atoms with van der Waals surface area (Å²) in [5.41, 5.74) is 0.129. The zero-order valence-electron chi connectivity index (χ0n) is 14.1. The molecule has 9 heteroatoms. The molecule has 1 N–H and O–H groups in total. The molecule has 0 unspecified atom stereocenters. The van der Waals surface area contributed by atoms with Crippen molar-refractivity contribution in [3.8, 4) is 0 Å². The molecule has 1 heterocycles. The maximum Gasteiger partial charge on any atom is 0.248 e. The van der Waals surface area contributed by atoms with Crippen LogP contribution in [0.25, 0.3) is 6.08 Å². The van der Waals surface area contributed by atoms with Gasteiger partial charge in [0.05, 0.1) is 18.4 Å². The first-order valence-corrected chi connectivity index (χ1v) is 7.92. The summed E-state index contributed by atoms with van der Waals surface area (Å²) in [4.78, 5) is 11.9. The molecule has 1 aromatic heterocycles. The molecule has 0 aliphatic carbocycles. The van der Waals surface area contributed by atoms with E-state index in [1.54, 1.807) is 0 Å². The van der Waals surface area contributed by atoms with Crippen LogP contribution in [0.5, 0.6) is 0 Å². The third-order valence-corrected chi connectivity index (χ3v) is 3.73. The number of rotatable bonds is 5. The molecule has 4 nitrogen and oxygen atoms in total. The second-order valence-electron chi connectivity index (χ2n) is 5.75. The Balaban J connectivity index is 1.67. The highest BCUT2D eigenvalue weighted by atomic mass is 19.2. The van der Waals surface area contributed by atoms with E-state index in [-0.39, 0.29) is 11.8 Å². The monoisotopic (exact) mass is 393 g/mol. The first-order valence-electron chi connectivity index (χ1n) is 7.92. The fourth-order valence-electron chi connectivity index (χ4n) is 2.36. The number of carbonyl (C=O) groups is 1. The van der Waals surface area contributed by atoms with E-state index in [0.717, 1.165) is 4.68 Å². The zero-order valence-corrected chi connectivity index (χ0v) is 14.1. The van der Waals surface area contributed by atoms with Gasteiger partial charge in [-0.3, -0.25) is 9.48 Å². The summed E-state index contributed by atoms with van der Waals surface area (Å²) in [5, 5.41) is 6.29. The van der Waals surface area contributed by atoms with E-state index in [2.05, 4.69) is 10.4 Å². The molecule has 0 saturated carbocycles. The van der Waals surface area contributed by atoms with Crippen LogP contribution < -0.4 is 5.32 Å². The van der Waals surface area contributed by atoms with Crippen molar-refractivity contribution < 1.29 is 26.7 Å². The lowest BCUT2D eigenvalue weighted by atomic mass is 10.2. The third-order valence-electron chi connectivity index (χ3n) is 3.73. The van der Waals surface area contributed by atoms with E-state index in [9.17, 15) is 26.7 Å². The van der Waals surface area contributed by atoms with Gasteiger partial charge in [0.25, 0.3) is 0 Å². The second kappa shape index (κ2) is 8.03. The molecule has 2 aromatic carbocycles. The predicted octanol–water partition coefficient (Wildman–Crippen LogP) is 4.28. The van der Waals surface area contributed by atoms with Crippen LogP contribution in [0.3, 0.4) is 0 Å². The number of amides is 1. The third kappa shape index (κ3) is 4.43. The number of nitrogens with zero attached hydrogens (tertiary/aromatic N) is 2. The highest BCUT2D eigenvalue weighted by Gasteiger charge is 2.19. The lowest BCUT2D eigenvalue weighted by Gasteiger charge is -2.06. The SMILES string of the molecule is O=C(/C=C/c1ccc(F)cc1)Nc1cnn(Cc2c(F)cc(F)c(F)c2F)c1. The molecule has 0 atom stereocenters. The van der Waals surface area contributed by atoms with Crippen molar-refractivity contribution in [3.63, 3.8) is 0 Å². The minimum Gasteiger partial charge on any atom is -0.320 e. The quantitative estimate of drug-likeness (QED) is 0.304. The zero-order chi connectivity index (χ0) is 20.3. The number of nitrogens with one attached hydrogen (secondary N) is 1. The van der Waals surface area contributed by atoms with E-state index >= 15 is 0 Å². The summed E-state index contributed by atoms with van der Waals surface area (Å²) in [6, 6.07) is 5.72. The Kier molecular flexibility index (Phi) is 5.53. The molecule has 0 bridgehead atoms. The molecule has 0 aliphatic rings. The molecular weight excluding hydrogens is 381 g/mol. The first-order chi connectivity index (χ1) is 13.3. The van der Waals surface area contributed by atoms with Crippen LogP contribution in [-0.4, -0.2) is 15.7 Å². The van der Waals surface area contributed by atoms with E-state index in [0.29, 0.717) is 5.56 Å². The summed E-state index contributed by atoms with van der Waals surface area (Å²) in [7, 11) is 0. The van der Waals surface area contributed by atoms with Crippen LogP contribution in [0, 0.1) is 29.1 Å². The molecule has 144 valence electrons. The molecule has 3 rings (SSSR count). The molecular formula is C19H12F5N3O. The van der Waals surface area contributed by atoms with E-state index in [1.807, 2.05) is 0 Å². The van der Waals surface area contributed by atoms with Crippen LogP contribution in [0.2, 0.25) is 0 Å². The number of benzene rings is 2. The van der Waals surface area contributed by atoms with Crippen molar-refractivity contribution in [1.29, 1.82) is 0 Å². The molecule has 3 aromatic rings. The van der Waals surface area contributed by atoms with Gasteiger partial charge < -0.3 is 5.32 Å². The number of halogens is 5. The van der Waals surface area contributed by atoms with Gasteiger partial charge in [0.15, 0.2) is 17.5 Å². The van der Waals surface area contributed by atoms with Gasteiger partial charge in [-0.25, -0.2) is 22.0 Å². The topological polar surface area (TPSA) is 46.9 Å². The summed E-state index contributed by atoms with van der Waals surface area (Å²) < 4.78 is 67.5. The van der Waals surface area contributed by atoms with Gasteiger partial charge in [0.2, 0.25) is 5.91 Å². The van der Waals surface area contributed by atoms with Gasteiger partial charge in [0, 0.05) is 23.9 Å². The van der Waals surface area contributed by atoms with Crippen molar-refractivity contribution in [1.82, 2.24) is 9.78 Å². The Morgan fingerprint density at radius 2 is 1.75 bits per heavy atom. The lowest BCUT2D eigenvalue weighted by Crippen LogP contribution is -2.09. The van der Waals surface area contributed by atoms with Gasteiger partial charge >= 0.3 is 0 Å². The molecule has 0 saturated heterocycles. The molecule has 0 spiro atoms. The summed E-state index contributed by atoms with van der Waals surface area (Å²) in [6.07, 6.45) is 5.16. The van der Waals surface area contributed by atoms with E-state index < -0.39 is 47.1 Å². The number of anilines is 1. The average molecular weight is 393 g/mol. The van der Waals surface area contributed by atoms with Crippen LogP contribution in [0.1, 0.15) is 11.1 Å². The molecule has 28 heavy (non-hydrogen) atoms. The minimum absolute atomic E-state index is 0.220.